The van der Waals surface area contributed by atoms with Crippen molar-refractivity contribution in [1.82, 2.24) is 10.2 Å². The zero-order chi connectivity index (χ0) is 16.1. The van der Waals surface area contributed by atoms with Gasteiger partial charge in [-0.3, -0.25) is 0 Å². The van der Waals surface area contributed by atoms with Crippen molar-refractivity contribution in [2.24, 2.45) is 16.7 Å². The maximum Gasteiger partial charge on any atom is 0.00928 e. The van der Waals surface area contributed by atoms with Crippen LogP contribution in [0.5, 0.6) is 0 Å². The third-order valence-corrected chi connectivity index (χ3v) is 5.52. The molecule has 0 radical (unpaired) electrons. The summed E-state index contributed by atoms with van der Waals surface area (Å²) in [5.41, 5.74) is 0.973. The third kappa shape index (κ3) is 6.69. The Hall–Kier alpha value is -0.0800. The van der Waals surface area contributed by atoms with Gasteiger partial charge in [-0.25, -0.2) is 0 Å². The van der Waals surface area contributed by atoms with Gasteiger partial charge in [0.1, 0.15) is 0 Å². The van der Waals surface area contributed by atoms with Crippen molar-refractivity contribution in [3.05, 3.63) is 0 Å². The minimum atomic E-state index is 0.399. The van der Waals surface area contributed by atoms with Crippen molar-refractivity contribution in [1.29, 1.82) is 0 Å². The average Bonchev–Trinajstić information content (AvgIpc) is 2.38. The topological polar surface area (TPSA) is 15.3 Å². The lowest BCUT2D eigenvalue weighted by molar-refractivity contribution is 0.0869. The van der Waals surface area contributed by atoms with Gasteiger partial charge < -0.3 is 10.2 Å². The van der Waals surface area contributed by atoms with Gasteiger partial charge in [0.05, 0.1) is 0 Å². The Morgan fingerprint density at radius 3 is 2.29 bits per heavy atom. The predicted molar refractivity (Wildman–Crippen MR) is 94.8 cm³/mol. The van der Waals surface area contributed by atoms with E-state index < -0.39 is 0 Å². The molecule has 0 aromatic rings. The summed E-state index contributed by atoms with van der Waals surface area (Å²) in [7, 11) is 2.35. The highest BCUT2D eigenvalue weighted by molar-refractivity contribution is 4.86. The van der Waals surface area contributed by atoms with Crippen LogP contribution in [0, 0.1) is 16.7 Å². The molecule has 21 heavy (non-hydrogen) atoms. The molecule has 1 unspecified atom stereocenters. The van der Waals surface area contributed by atoms with Gasteiger partial charge in [0, 0.05) is 19.1 Å². The minimum absolute atomic E-state index is 0.399. The Kier molecular flexibility index (Phi) is 7.19. The summed E-state index contributed by atoms with van der Waals surface area (Å²) in [6, 6.07) is 0.800. The normalized spacial score (nSPS) is 22.7. The largest absolute Gasteiger partial charge is 0.316 e. The fraction of sp³-hybridized carbons (Fsp3) is 1.00. The smallest absolute Gasteiger partial charge is 0.00928 e. The Balaban J connectivity index is 2.44. The fourth-order valence-corrected chi connectivity index (χ4v) is 3.51. The summed E-state index contributed by atoms with van der Waals surface area (Å²) in [6.45, 7) is 17.7. The van der Waals surface area contributed by atoms with Crippen LogP contribution in [0.25, 0.3) is 0 Å². The van der Waals surface area contributed by atoms with Gasteiger partial charge in [-0.15, -0.1) is 0 Å². The number of nitrogens with zero attached hydrogens (tertiary/aromatic N) is 1. The van der Waals surface area contributed by atoms with Crippen molar-refractivity contribution in [3.8, 4) is 0 Å². The summed E-state index contributed by atoms with van der Waals surface area (Å²) in [5.74, 6) is 0.740. The molecule has 2 heteroatoms. The second-order valence-corrected chi connectivity index (χ2v) is 9.00. The number of rotatable bonds is 8. The summed E-state index contributed by atoms with van der Waals surface area (Å²) in [5, 5.41) is 3.67. The van der Waals surface area contributed by atoms with E-state index in [1.54, 1.807) is 0 Å². The summed E-state index contributed by atoms with van der Waals surface area (Å²) >= 11 is 0. The number of nitrogens with one attached hydrogen (secondary N) is 1. The Morgan fingerprint density at radius 1 is 1.24 bits per heavy atom. The monoisotopic (exact) mass is 296 g/mol. The molecule has 0 aromatic heterocycles. The van der Waals surface area contributed by atoms with Crippen LogP contribution in [-0.2, 0) is 0 Å². The molecule has 1 fully saturated rings. The standard InChI is InChI=1S/C19H40N2/c1-8-19(6,14-20-13-16(2)3)15-21(7)17-9-11-18(4,5)12-10-17/h16-17,20H,8-15H2,1-7H3. The molecule has 0 aliphatic heterocycles. The zero-order valence-electron chi connectivity index (χ0n) is 15.8. The highest BCUT2D eigenvalue weighted by Crippen LogP contribution is 2.37. The van der Waals surface area contributed by atoms with E-state index in [0.29, 0.717) is 10.8 Å². The molecular formula is C19H40N2. The van der Waals surface area contributed by atoms with E-state index in [2.05, 4.69) is 58.8 Å². The van der Waals surface area contributed by atoms with E-state index in [-0.39, 0.29) is 0 Å². The Morgan fingerprint density at radius 2 is 1.81 bits per heavy atom. The second kappa shape index (κ2) is 7.97. The molecule has 1 saturated carbocycles. The maximum absolute atomic E-state index is 3.67. The molecule has 0 saturated heterocycles. The molecule has 0 bridgehead atoms. The van der Waals surface area contributed by atoms with Crippen molar-refractivity contribution in [3.63, 3.8) is 0 Å². The molecule has 0 heterocycles. The molecule has 126 valence electrons. The molecule has 1 aliphatic carbocycles. The van der Waals surface area contributed by atoms with Crippen LogP contribution in [0.3, 0.4) is 0 Å². The van der Waals surface area contributed by atoms with Crippen LogP contribution < -0.4 is 5.32 Å². The minimum Gasteiger partial charge on any atom is -0.316 e. The van der Waals surface area contributed by atoms with Crippen LogP contribution >= 0.6 is 0 Å². The predicted octanol–water partition coefficient (Wildman–Crippen LogP) is 4.55. The molecule has 1 rings (SSSR count). The van der Waals surface area contributed by atoms with E-state index in [9.17, 15) is 0 Å². The van der Waals surface area contributed by atoms with Crippen molar-refractivity contribution in [2.75, 3.05) is 26.7 Å². The highest BCUT2D eigenvalue weighted by Gasteiger charge is 2.31. The summed E-state index contributed by atoms with van der Waals surface area (Å²) in [4.78, 5) is 2.65. The van der Waals surface area contributed by atoms with E-state index >= 15 is 0 Å². The zero-order valence-corrected chi connectivity index (χ0v) is 15.8. The lowest BCUT2D eigenvalue weighted by atomic mass is 9.75. The van der Waals surface area contributed by atoms with Gasteiger partial charge in [0.15, 0.2) is 0 Å². The number of hydrogen-bond acceptors (Lipinski definition) is 2. The van der Waals surface area contributed by atoms with Crippen LogP contribution in [0.15, 0.2) is 0 Å². The van der Waals surface area contributed by atoms with Gasteiger partial charge in [-0.2, -0.15) is 0 Å². The molecule has 0 aromatic carbocycles. The van der Waals surface area contributed by atoms with Crippen molar-refractivity contribution < 1.29 is 0 Å². The first-order valence-electron chi connectivity index (χ1n) is 9.08. The van der Waals surface area contributed by atoms with E-state index in [4.69, 9.17) is 0 Å². The second-order valence-electron chi connectivity index (χ2n) is 9.00. The van der Waals surface area contributed by atoms with E-state index in [1.165, 1.54) is 38.6 Å². The lowest BCUT2D eigenvalue weighted by Gasteiger charge is -2.42. The highest BCUT2D eigenvalue weighted by atomic mass is 15.1. The fourth-order valence-electron chi connectivity index (χ4n) is 3.51. The van der Waals surface area contributed by atoms with Gasteiger partial charge >= 0.3 is 0 Å². The molecule has 0 amide bonds. The first-order chi connectivity index (χ1) is 9.67. The third-order valence-electron chi connectivity index (χ3n) is 5.52. The molecule has 1 atom stereocenters. The van der Waals surface area contributed by atoms with Crippen LogP contribution in [-0.4, -0.2) is 37.6 Å². The van der Waals surface area contributed by atoms with Gasteiger partial charge in [-0.1, -0.05) is 41.5 Å². The SMILES string of the molecule is CCC(C)(CNCC(C)C)CN(C)C1CCC(C)(C)CC1. The molecule has 0 spiro atoms. The van der Waals surface area contributed by atoms with Crippen molar-refractivity contribution in [2.45, 2.75) is 79.7 Å². The quantitative estimate of drug-likeness (QED) is 0.707. The average molecular weight is 297 g/mol. The lowest BCUT2D eigenvalue weighted by Crippen LogP contribution is -2.46. The summed E-state index contributed by atoms with van der Waals surface area (Å²) in [6.07, 6.45) is 6.78. The van der Waals surface area contributed by atoms with Crippen LogP contribution in [0.4, 0.5) is 0 Å². The van der Waals surface area contributed by atoms with Gasteiger partial charge in [-0.05, 0) is 62.4 Å². The maximum atomic E-state index is 3.67. The van der Waals surface area contributed by atoms with Crippen LogP contribution in [0.1, 0.15) is 73.6 Å². The molecule has 2 nitrogen and oxygen atoms in total. The first-order valence-corrected chi connectivity index (χ1v) is 9.08. The van der Waals surface area contributed by atoms with E-state index in [1.807, 2.05) is 0 Å². The molecule has 1 aliphatic rings. The number of hydrogen-bond donors (Lipinski definition) is 1. The van der Waals surface area contributed by atoms with Crippen molar-refractivity contribution >= 4 is 0 Å². The van der Waals surface area contributed by atoms with Crippen LogP contribution in [0.2, 0.25) is 0 Å². The van der Waals surface area contributed by atoms with E-state index in [0.717, 1.165) is 25.0 Å². The Labute approximate surface area is 134 Å². The Bertz CT molecular complexity index is 288. The van der Waals surface area contributed by atoms with Gasteiger partial charge in [0.2, 0.25) is 0 Å². The first kappa shape index (κ1) is 19.0. The molecule has 1 N–H and O–H groups in total. The van der Waals surface area contributed by atoms with Gasteiger partial charge in [0.25, 0.3) is 0 Å². The molecular weight excluding hydrogens is 256 g/mol. The summed E-state index contributed by atoms with van der Waals surface area (Å²) < 4.78 is 0.